The first kappa shape index (κ1) is 13.8. The summed E-state index contributed by atoms with van der Waals surface area (Å²) < 4.78 is 0. The van der Waals surface area contributed by atoms with Gasteiger partial charge in [0, 0.05) is 51.7 Å². The summed E-state index contributed by atoms with van der Waals surface area (Å²) in [6.45, 7) is 5.12. The zero-order valence-electron chi connectivity index (χ0n) is 11.9. The van der Waals surface area contributed by atoms with Crippen LogP contribution in [0.3, 0.4) is 0 Å². The smallest absolute Gasteiger partial charge is 0.224 e. The van der Waals surface area contributed by atoms with Gasteiger partial charge in [-0.15, -0.1) is 0 Å². The maximum absolute atomic E-state index is 12.3. The van der Waals surface area contributed by atoms with Crippen LogP contribution < -0.4 is 5.32 Å². The average Bonchev–Trinajstić information content (AvgIpc) is 2.78. The first-order valence-corrected chi connectivity index (χ1v) is 6.93. The van der Waals surface area contributed by atoms with Gasteiger partial charge in [-0.3, -0.25) is 4.79 Å². The van der Waals surface area contributed by atoms with Gasteiger partial charge < -0.3 is 20.0 Å². The first-order chi connectivity index (χ1) is 8.58. The Morgan fingerprint density at radius 3 is 2.78 bits per heavy atom. The van der Waals surface area contributed by atoms with E-state index in [4.69, 9.17) is 0 Å². The van der Waals surface area contributed by atoms with Gasteiger partial charge in [-0.05, 0) is 27.1 Å². The number of rotatable bonds is 3. The number of carbonyl (C=O) groups is 1. The summed E-state index contributed by atoms with van der Waals surface area (Å²) in [5.74, 6) is 0.288. The number of carbonyl (C=O) groups excluding carboxylic acids is 1. The number of likely N-dealkylation sites (N-methyl/N-ethyl adjacent to an activating group) is 3. The Bertz CT molecular complexity index is 297. The molecule has 5 nitrogen and oxygen atoms in total. The van der Waals surface area contributed by atoms with Crippen molar-refractivity contribution in [3.05, 3.63) is 0 Å². The SMILES string of the molecule is CN1CCC(N(C)C(=O)CC2CNCCN2C)C1. The van der Waals surface area contributed by atoms with Gasteiger partial charge in [0.25, 0.3) is 0 Å². The van der Waals surface area contributed by atoms with Crippen LogP contribution in [0.25, 0.3) is 0 Å². The summed E-state index contributed by atoms with van der Waals surface area (Å²) in [6.07, 6.45) is 1.75. The Kier molecular flexibility index (Phi) is 4.59. The van der Waals surface area contributed by atoms with Gasteiger partial charge in [-0.25, -0.2) is 0 Å². The third-order valence-corrected chi connectivity index (χ3v) is 4.36. The van der Waals surface area contributed by atoms with Crippen molar-refractivity contribution < 1.29 is 4.79 Å². The van der Waals surface area contributed by atoms with Gasteiger partial charge in [0.05, 0.1) is 0 Å². The molecule has 2 aliphatic heterocycles. The lowest BCUT2D eigenvalue weighted by Gasteiger charge is -2.34. The molecule has 2 aliphatic rings. The summed E-state index contributed by atoms with van der Waals surface area (Å²) in [5, 5.41) is 3.37. The number of hydrogen-bond donors (Lipinski definition) is 1. The Balaban J connectivity index is 1.83. The molecule has 104 valence electrons. The molecular formula is C13H26N4O. The molecular weight excluding hydrogens is 228 g/mol. The fourth-order valence-electron chi connectivity index (χ4n) is 2.87. The van der Waals surface area contributed by atoms with Crippen LogP contribution in [0.5, 0.6) is 0 Å². The lowest BCUT2D eigenvalue weighted by Crippen LogP contribution is -2.51. The minimum Gasteiger partial charge on any atom is -0.341 e. The van der Waals surface area contributed by atoms with Crippen molar-refractivity contribution in [1.82, 2.24) is 20.0 Å². The van der Waals surface area contributed by atoms with Gasteiger partial charge in [0.1, 0.15) is 0 Å². The van der Waals surface area contributed by atoms with Crippen molar-refractivity contribution in [2.24, 2.45) is 0 Å². The predicted octanol–water partition coefficient (Wildman–Crippen LogP) is -0.557. The maximum Gasteiger partial charge on any atom is 0.224 e. The number of likely N-dealkylation sites (tertiary alicyclic amines) is 1. The second-order valence-electron chi connectivity index (χ2n) is 5.75. The van der Waals surface area contributed by atoms with Gasteiger partial charge in [-0.2, -0.15) is 0 Å². The van der Waals surface area contributed by atoms with Gasteiger partial charge in [-0.1, -0.05) is 0 Å². The zero-order chi connectivity index (χ0) is 13.1. The number of amides is 1. The molecule has 0 bridgehead atoms. The molecule has 2 atom stereocenters. The highest BCUT2D eigenvalue weighted by Crippen LogP contribution is 2.15. The zero-order valence-corrected chi connectivity index (χ0v) is 11.9. The molecule has 2 fully saturated rings. The third kappa shape index (κ3) is 3.22. The first-order valence-electron chi connectivity index (χ1n) is 6.93. The molecule has 2 heterocycles. The highest BCUT2D eigenvalue weighted by atomic mass is 16.2. The molecule has 1 amide bonds. The van der Waals surface area contributed by atoms with Crippen molar-refractivity contribution in [3.63, 3.8) is 0 Å². The van der Waals surface area contributed by atoms with Crippen LogP contribution in [0.1, 0.15) is 12.8 Å². The fraction of sp³-hybridized carbons (Fsp3) is 0.923. The van der Waals surface area contributed by atoms with Gasteiger partial charge >= 0.3 is 0 Å². The number of piperazine rings is 1. The third-order valence-electron chi connectivity index (χ3n) is 4.36. The summed E-state index contributed by atoms with van der Waals surface area (Å²) in [4.78, 5) is 18.9. The minimum atomic E-state index is 0.288. The Morgan fingerprint density at radius 1 is 1.39 bits per heavy atom. The Labute approximate surface area is 110 Å². The normalized spacial score (nSPS) is 30.6. The quantitative estimate of drug-likeness (QED) is 0.733. The van der Waals surface area contributed by atoms with Crippen molar-refractivity contribution in [1.29, 1.82) is 0 Å². The number of hydrogen-bond acceptors (Lipinski definition) is 4. The molecule has 2 saturated heterocycles. The van der Waals surface area contributed by atoms with Crippen LogP contribution >= 0.6 is 0 Å². The Morgan fingerprint density at radius 2 is 2.17 bits per heavy atom. The van der Waals surface area contributed by atoms with E-state index < -0.39 is 0 Å². The van der Waals surface area contributed by atoms with E-state index in [1.165, 1.54) is 0 Å². The average molecular weight is 254 g/mol. The molecule has 18 heavy (non-hydrogen) atoms. The van der Waals surface area contributed by atoms with Crippen LogP contribution in [0, 0.1) is 0 Å². The number of nitrogens with one attached hydrogen (secondary N) is 1. The topological polar surface area (TPSA) is 38.8 Å². The summed E-state index contributed by atoms with van der Waals surface area (Å²) in [7, 11) is 6.20. The van der Waals surface area contributed by atoms with Crippen LogP contribution in [-0.2, 0) is 4.79 Å². The van der Waals surface area contributed by atoms with E-state index in [9.17, 15) is 4.79 Å². The summed E-state index contributed by atoms with van der Waals surface area (Å²) in [5.41, 5.74) is 0. The molecule has 0 spiro atoms. The second-order valence-corrected chi connectivity index (χ2v) is 5.75. The molecule has 2 unspecified atom stereocenters. The Hall–Kier alpha value is -0.650. The van der Waals surface area contributed by atoms with Gasteiger partial charge in [0.15, 0.2) is 0 Å². The monoisotopic (exact) mass is 254 g/mol. The molecule has 0 saturated carbocycles. The predicted molar refractivity (Wildman–Crippen MR) is 72.6 cm³/mol. The standard InChI is InChI=1S/C13H26N4O/c1-15-6-4-11(10-15)17(3)13(18)8-12-9-14-5-7-16(12)2/h11-12,14H,4-10H2,1-3H3. The summed E-state index contributed by atoms with van der Waals surface area (Å²) in [6, 6.07) is 0.761. The van der Waals surface area contributed by atoms with E-state index in [1.807, 2.05) is 11.9 Å². The molecule has 0 radical (unpaired) electrons. The lowest BCUT2D eigenvalue weighted by atomic mass is 10.1. The molecule has 5 heteroatoms. The molecule has 0 aromatic rings. The van der Waals surface area contributed by atoms with Crippen LogP contribution in [0.4, 0.5) is 0 Å². The van der Waals surface area contributed by atoms with Crippen LogP contribution in [-0.4, -0.2) is 86.6 Å². The maximum atomic E-state index is 12.3. The van der Waals surface area contributed by atoms with E-state index in [0.717, 1.165) is 39.1 Å². The molecule has 0 aromatic heterocycles. The summed E-state index contributed by atoms with van der Waals surface area (Å²) >= 11 is 0. The van der Waals surface area contributed by atoms with Crippen molar-refractivity contribution >= 4 is 5.91 Å². The van der Waals surface area contributed by atoms with E-state index >= 15 is 0 Å². The second kappa shape index (κ2) is 5.99. The molecule has 1 N–H and O–H groups in total. The fourth-order valence-corrected chi connectivity index (χ4v) is 2.87. The van der Waals surface area contributed by atoms with E-state index in [2.05, 4.69) is 29.2 Å². The van der Waals surface area contributed by atoms with Gasteiger partial charge in [0.2, 0.25) is 5.91 Å². The highest BCUT2D eigenvalue weighted by Gasteiger charge is 2.29. The van der Waals surface area contributed by atoms with E-state index in [0.29, 0.717) is 18.5 Å². The minimum absolute atomic E-state index is 0.288. The highest BCUT2D eigenvalue weighted by molar-refractivity contribution is 5.77. The van der Waals surface area contributed by atoms with Crippen molar-refractivity contribution in [2.75, 3.05) is 53.9 Å². The van der Waals surface area contributed by atoms with Crippen molar-refractivity contribution in [3.8, 4) is 0 Å². The number of nitrogens with zero attached hydrogens (tertiary/aromatic N) is 3. The van der Waals surface area contributed by atoms with E-state index in [-0.39, 0.29) is 5.91 Å². The van der Waals surface area contributed by atoms with Crippen LogP contribution in [0.2, 0.25) is 0 Å². The molecule has 0 aliphatic carbocycles. The largest absolute Gasteiger partial charge is 0.341 e. The van der Waals surface area contributed by atoms with E-state index in [1.54, 1.807) is 0 Å². The lowest BCUT2D eigenvalue weighted by molar-refractivity contribution is -0.133. The van der Waals surface area contributed by atoms with Crippen LogP contribution in [0.15, 0.2) is 0 Å². The molecule has 2 rings (SSSR count). The molecule has 0 aromatic carbocycles. The van der Waals surface area contributed by atoms with Crippen molar-refractivity contribution in [2.45, 2.75) is 24.9 Å².